The molecule has 1 aromatic heterocycles. The zero-order valence-electron chi connectivity index (χ0n) is 8.57. The largest absolute Gasteiger partial charge is 0.377 e. The molecule has 0 aromatic carbocycles. The predicted molar refractivity (Wildman–Crippen MR) is 59.6 cm³/mol. The summed E-state index contributed by atoms with van der Waals surface area (Å²) < 4.78 is 2.26. The monoisotopic (exact) mass is 193 g/mol. The molecule has 0 amide bonds. The third-order valence-electron chi connectivity index (χ3n) is 2.16. The van der Waals surface area contributed by atoms with Gasteiger partial charge in [0.05, 0.1) is 0 Å². The van der Waals surface area contributed by atoms with E-state index in [-0.39, 0.29) is 0 Å². The Labute approximate surface area is 81.8 Å². The molecule has 0 saturated heterocycles. The average molecular weight is 193 g/mol. The molecule has 1 atom stereocenters. The Morgan fingerprint density at radius 3 is 2.31 bits per heavy atom. The first-order valence-corrected chi connectivity index (χ1v) is 6.79. The fraction of sp³-hybridized carbons (Fsp3) is 0.300. The van der Waals surface area contributed by atoms with Crippen molar-refractivity contribution in [2.45, 2.75) is 6.55 Å². The molecular weight excluding hydrogens is 176 g/mol. The molecule has 13 heavy (non-hydrogen) atoms. The number of rotatable bonds is 3. The molecule has 2 nitrogen and oxygen atoms in total. The van der Waals surface area contributed by atoms with Crippen molar-refractivity contribution in [3.63, 3.8) is 0 Å². The van der Waals surface area contributed by atoms with Crippen molar-refractivity contribution in [3.05, 3.63) is 36.8 Å². The first kappa shape index (κ1) is 9.99. The maximum absolute atomic E-state index is 3.82. The highest BCUT2D eigenvalue weighted by atomic mass is 28.3. The summed E-state index contributed by atoms with van der Waals surface area (Å²) >= 11 is 0. The van der Waals surface area contributed by atoms with Gasteiger partial charge in [-0.25, -0.2) is 0 Å². The summed E-state index contributed by atoms with van der Waals surface area (Å²) in [6, 6.07) is 4.26. The minimum Gasteiger partial charge on any atom is -0.377 e. The molecule has 0 aliphatic rings. The fourth-order valence-corrected chi connectivity index (χ4v) is 2.08. The Kier molecular flexibility index (Phi) is 3.25. The normalized spacial score (nSPS) is 12.2. The van der Waals surface area contributed by atoms with Crippen LogP contribution in [0.25, 0.3) is 0 Å². The van der Waals surface area contributed by atoms with Crippen LogP contribution < -0.4 is 9.13 Å². The Balaban J connectivity index is 2.87. The van der Waals surface area contributed by atoms with Crippen LogP contribution >= 0.6 is 0 Å². The minimum absolute atomic E-state index is 0.930. The van der Waals surface area contributed by atoms with Crippen LogP contribution in [0.5, 0.6) is 0 Å². The smallest absolute Gasteiger partial charge is 0.370 e. The first-order chi connectivity index (χ1) is 6.15. The lowest BCUT2D eigenvalue weighted by Crippen LogP contribution is -2.47. The van der Waals surface area contributed by atoms with Crippen molar-refractivity contribution in [3.8, 4) is 0 Å². The fourth-order valence-electron chi connectivity index (χ4n) is 1.12. The average Bonchev–Trinajstić information content (AvgIpc) is 2.17. The maximum atomic E-state index is 3.82. The molecule has 1 rings (SSSR count). The second-order valence-electron chi connectivity index (χ2n) is 3.37. The lowest BCUT2D eigenvalue weighted by atomic mass is 10.4. The third kappa shape index (κ3) is 2.42. The summed E-state index contributed by atoms with van der Waals surface area (Å²) in [5.74, 6) is 0. The summed E-state index contributed by atoms with van der Waals surface area (Å²) in [5.41, 5.74) is 3.30. The number of anilines is 1. The van der Waals surface area contributed by atoms with Gasteiger partial charge < -0.3 is 4.90 Å². The van der Waals surface area contributed by atoms with E-state index in [1.165, 1.54) is 5.69 Å². The van der Waals surface area contributed by atoms with Gasteiger partial charge in [-0.3, -0.25) is 4.23 Å². The van der Waals surface area contributed by atoms with E-state index in [0.29, 0.717) is 0 Å². The number of hydrogen-bond acceptors (Lipinski definition) is 1. The molecule has 0 N–H and O–H groups in total. The summed E-state index contributed by atoms with van der Waals surface area (Å²) in [6.07, 6.45) is 4.27. The van der Waals surface area contributed by atoms with Gasteiger partial charge in [0.15, 0.2) is 0 Å². The van der Waals surface area contributed by atoms with E-state index >= 15 is 0 Å². The third-order valence-corrected chi connectivity index (χ3v) is 4.13. The summed E-state index contributed by atoms with van der Waals surface area (Å²) in [5, 5.41) is 0. The Morgan fingerprint density at radius 2 is 1.92 bits per heavy atom. The lowest BCUT2D eigenvalue weighted by molar-refractivity contribution is -0.535. The van der Waals surface area contributed by atoms with E-state index in [9.17, 15) is 0 Å². The molecule has 70 valence electrons. The van der Waals surface area contributed by atoms with E-state index in [1.54, 1.807) is 0 Å². The van der Waals surface area contributed by atoms with Gasteiger partial charge in [0.1, 0.15) is 12.4 Å². The number of aromatic nitrogens is 1. The second kappa shape index (κ2) is 4.23. The minimum atomic E-state index is -0.930. The van der Waals surface area contributed by atoms with Gasteiger partial charge in [-0.05, 0) is 12.2 Å². The Morgan fingerprint density at radius 1 is 1.38 bits per heavy atom. The molecule has 1 aromatic rings. The Bertz CT molecular complexity index is 279. The van der Waals surface area contributed by atoms with Crippen molar-refractivity contribution in [2.75, 3.05) is 19.0 Å². The van der Waals surface area contributed by atoms with Crippen molar-refractivity contribution in [1.29, 1.82) is 0 Å². The van der Waals surface area contributed by atoms with E-state index in [4.69, 9.17) is 0 Å². The molecule has 0 spiro atoms. The van der Waals surface area contributed by atoms with Crippen LogP contribution in [0.3, 0.4) is 0 Å². The van der Waals surface area contributed by atoms with Gasteiger partial charge >= 0.3 is 8.96 Å². The summed E-state index contributed by atoms with van der Waals surface area (Å²) in [7, 11) is 3.17. The number of pyridine rings is 1. The van der Waals surface area contributed by atoms with Crippen LogP contribution in [0, 0.1) is 0 Å². The first-order valence-electron chi connectivity index (χ1n) is 4.46. The molecule has 0 aliphatic heterocycles. The highest BCUT2D eigenvalue weighted by Gasteiger charge is 2.10. The Hall–Kier alpha value is -1.09. The highest BCUT2D eigenvalue weighted by Crippen LogP contribution is 2.05. The molecular formula is C10H17N2Si+. The molecule has 0 aliphatic carbocycles. The van der Waals surface area contributed by atoms with Gasteiger partial charge in [-0.2, -0.15) is 0 Å². The SMILES string of the molecule is C=C[SiH](C)[n+]1ccc(N(C)C)cc1. The maximum Gasteiger partial charge on any atom is 0.370 e. The summed E-state index contributed by atoms with van der Waals surface area (Å²) in [6.45, 7) is 6.08. The van der Waals surface area contributed by atoms with Gasteiger partial charge in [0, 0.05) is 31.9 Å². The van der Waals surface area contributed by atoms with Gasteiger partial charge in [-0.15, -0.1) is 6.58 Å². The van der Waals surface area contributed by atoms with Crippen LogP contribution in [0.4, 0.5) is 5.69 Å². The van der Waals surface area contributed by atoms with Gasteiger partial charge in [0.25, 0.3) is 0 Å². The van der Waals surface area contributed by atoms with E-state index < -0.39 is 8.96 Å². The van der Waals surface area contributed by atoms with Crippen molar-refractivity contribution < 1.29 is 4.23 Å². The van der Waals surface area contributed by atoms with Gasteiger partial charge in [-0.1, -0.05) is 0 Å². The number of hydrogen-bond donors (Lipinski definition) is 0. The number of nitrogens with zero attached hydrogens (tertiary/aromatic N) is 2. The zero-order chi connectivity index (χ0) is 9.84. The highest BCUT2D eigenvalue weighted by molar-refractivity contribution is 6.53. The van der Waals surface area contributed by atoms with Gasteiger partial charge in [0.2, 0.25) is 0 Å². The van der Waals surface area contributed by atoms with Crippen LogP contribution in [-0.2, 0) is 0 Å². The topological polar surface area (TPSA) is 7.12 Å². The van der Waals surface area contributed by atoms with Crippen LogP contribution in [0.15, 0.2) is 36.8 Å². The van der Waals surface area contributed by atoms with E-state index in [0.717, 1.165) is 0 Å². The van der Waals surface area contributed by atoms with Crippen LogP contribution in [0.2, 0.25) is 6.55 Å². The van der Waals surface area contributed by atoms with Crippen LogP contribution in [0.1, 0.15) is 0 Å². The zero-order valence-corrected chi connectivity index (χ0v) is 9.72. The molecule has 0 radical (unpaired) electrons. The summed E-state index contributed by atoms with van der Waals surface area (Å²) in [4.78, 5) is 2.10. The molecule has 0 bridgehead atoms. The van der Waals surface area contributed by atoms with E-state index in [1.807, 2.05) is 14.1 Å². The molecule has 3 heteroatoms. The standard InChI is InChI=1S/C10H17N2Si/c1-5-13(4)12-8-6-10(7-9-12)11(2)3/h5-9,13H,1H2,2-4H3/q+1. The van der Waals surface area contributed by atoms with Crippen molar-refractivity contribution in [2.24, 2.45) is 0 Å². The molecule has 1 unspecified atom stereocenters. The van der Waals surface area contributed by atoms with Crippen molar-refractivity contribution >= 4 is 14.6 Å². The molecule has 0 fully saturated rings. The molecule has 1 heterocycles. The lowest BCUT2D eigenvalue weighted by Gasteiger charge is -2.11. The molecule has 0 saturated carbocycles. The second-order valence-corrected chi connectivity index (χ2v) is 5.92. The predicted octanol–water partition coefficient (Wildman–Crippen LogP) is 0.967. The van der Waals surface area contributed by atoms with Crippen LogP contribution in [-0.4, -0.2) is 23.1 Å². The van der Waals surface area contributed by atoms with E-state index in [2.05, 4.69) is 52.5 Å². The van der Waals surface area contributed by atoms with Crippen molar-refractivity contribution in [1.82, 2.24) is 0 Å². The quantitative estimate of drug-likeness (QED) is 0.649.